The van der Waals surface area contributed by atoms with Crippen LogP contribution in [-0.2, 0) is 4.79 Å². The molecule has 0 saturated heterocycles. The Morgan fingerprint density at radius 2 is 1.95 bits per heavy atom. The van der Waals surface area contributed by atoms with Gasteiger partial charge < -0.3 is 19.9 Å². The van der Waals surface area contributed by atoms with Gasteiger partial charge in [0.2, 0.25) is 6.79 Å². The Balaban J connectivity index is 1.57. The van der Waals surface area contributed by atoms with Gasteiger partial charge in [-0.25, -0.2) is 0 Å². The first kappa shape index (κ1) is 14.2. The number of benzene rings is 1. The lowest BCUT2D eigenvalue weighted by Gasteiger charge is -2.29. The molecular formula is C16H21NO4. The van der Waals surface area contributed by atoms with Gasteiger partial charge in [0.05, 0.1) is 5.92 Å². The molecule has 0 aromatic heterocycles. The van der Waals surface area contributed by atoms with E-state index in [0.29, 0.717) is 12.8 Å². The molecule has 0 amide bonds. The molecule has 1 aromatic rings. The number of rotatable bonds is 4. The highest BCUT2D eigenvalue weighted by atomic mass is 16.7. The van der Waals surface area contributed by atoms with Crippen LogP contribution in [0.3, 0.4) is 0 Å². The van der Waals surface area contributed by atoms with Crippen molar-refractivity contribution < 1.29 is 19.4 Å². The number of carboxylic acids is 1. The van der Waals surface area contributed by atoms with Gasteiger partial charge in [0, 0.05) is 12.1 Å². The van der Waals surface area contributed by atoms with Gasteiger partial charge in [-0.1, -0.05) is 6.07 Å². The highest BCUT2D eigenvalue weighted by molar-refractivity contribution is 5.70. The molecule has 1 fully saturated rings. The molecule has 1 saturated carbocycles. The molecule has 3 rings (SSSR count). The molecule has 0 radical (unpaired) electrons. The van der Waals surface area contributed by atoms with Crippen molar-refractivity contribution in [1.29, 1.82) is 0 Å². The van der Waals surface area contributed by atoms with E-state index in [9.17, 15) is 4.79 Å². The van der Waals surface area contributed by atoms with E-state index >= 15 is 0 Å². The lowest BCUT2D eigenvalue weighted by Crippen LogP contribution is -2.36. The van der Waals surface area contributed by atoms with Crippen LogP contribution in [0.15, 0.2) is 18.2 Å². The van der Waals surface area contributed by atoms with Crippen LogP contribution in [0, 0.1) is 5.92 Å². The predicted octanol–water partition coefficient (Wildman–Crippen LogP) is 2.71. The molecule has 2 N–H and O–H groups in total. The first-order valence-electron chi connectivity index (χ1n) is 7.52. The number of carbonyl (C=O) groups is 1. The number of carboxylic acid groups (broad SMARTS) is 1. The van der Waals surface area contributed by atoms with Gasteiger partial charge in [0.1, 0.15) is 0 Å². The summed E-state index contributed by atoms with van der Waals surface area (Å²) in [7, 11) is 0. The van der Waals surface area contributed by atoms with Crippen molar-refractivity contribution in [2.75, 3.05) is 6.79 Å². The van der Waals surface area contributed by atoms with E-state index < -0.39 is 5.97 Å². The number of ether oxygens (including phenoxy) is 2. The molecule has 2 aliphatic rings. The Hall–Kier alpha value is -1.75. The second-order valence-electron chi connectivity index (χ2n) is 5.89. The van der Waals surface area contributed by atoms with E-state index in [1.54, 1.807) is 0 Å². The summed E-state index contributed by atoms with van der Waals surface area (Å²) in [5.74, 6) is 0.782. The van der Waals surface area contributed by atoms with E-state index in [0.717, 1.165) is 37.2 Å². The van der Waals surface area contributed by atoms with Crippen molar-refractivity contribution in [3.05, 3.63) is 23.8 Å². The van der Waals surface area contributed by atoms with Gasteiger partial charge >= 0.3 is 5.97 Å². The molecule has 1 unspecified atom stereocenters. The fourth-order valence-electron chi connectivity index (χ4n) is 3.14. The maximum absolute atomic E-state index is 11.0. The molecule has 21 heavy (non-hydrogen) atoms. The van der Waals surface area contributed by atoms with Crippen LogP contribution in [0.1, 0.15) is 44.2 Å². The standard InChI is InChI=1S/C16H21NO4/c1-10(12-4-7-14-15(8-12)21-9-20-14)17-13-5-2-11(3-6-13)16(18)19/h4,7-8,10-11,13,17H,2-3,5-6,9H2,1H3,(H,18,19). The van der Waals surface area contributed by atoms with E-state index in [-0.39, 0.29) is 12.0 Å². The summed E-state index contributed by atoms with van der Waals surface area (Å²) >= 11 is 0. The number of hydrogen-bond donors (Lipinski definition) is 2. The average Bonchev–Trinajstić information content (AvgIpc) is 2.95. The molecule has 0 bridgehead atoms. The quantitative estimate of drug-likeness (QED) is 0.892. The summed E-state index contributed by atoms with van der Waals surface area (Å²) in [6.07, 6.45) is 3.37. The summed E-state index contributed by atoms with van der Waals surface area (Å²) in [4.78, 5) is 11.0. The highest BCUT2D eigenvalue weighted by Crippen LogP contribution is 2.34. The largest absolute Gasteiger partial charge is 0.481 e. The predicted molar refractivity (Wildman–Crippen MR) is 77.5 cm³/mol. The number of hydrogen-bond acceptors (Lipinski definition) is 4. The first-order chi connectivity index (χ1) is 10.1. The molecule has 0 spiro atoms. The summed E-state index contributed by atoms with van der Waals surface area (Å²) in [6, 6.07) is 6.61. The molecule has 1 aliphatic carbocycles. The third kappa shape index (κ3) is 3.13. The van der Waals surface area contributed by atoms with Crippen LogP contribution in [-0.4, -0.2) is 23.9 Å². The number of nitrogens with one attached hydrogen (secondary N) is 1. The van der Waals surface area contributed by atoms with E-state index in [4.69, 9.17) is 14.6 Å². The minimum absolute atomic E-state index is 0.163. The van der Waals surface area contributed by atoms with Crippen molar-refractivity contribution in [3.8, 4) is 11.5 Å². The zero-order chi connectivity index (χ0) is 14.8. The molecule has 5 nitrogen and oxygen atoms in total. The average molecular weight is 291 g/mol. The smallest absolute Gasteiger partial charge is 0.306 e. The topological polar surface area (TPSA) is 67.8 Å². The lowest BCUT2D eigenvalue weighted by atomic mass is 9.85. The maximum atomic E-state index is 11.0. The molecule has 1 aliphatic heterocycles. The van der Waals surface area contributed by atoms with Crippen LogP contribution >= 0.6 is 0 Å². The summed E-state index contributed by atoms with van der Waals surface area (Å²) in [5, 5.41) is 12.6. The Morgan fingerprint density at radius 3 is 2.67 bits per heavy atom. The fraction of sp³-hybridized carbons (Fsp3) is 0.562. The van der Waals surface area contributed by atoms with E-state index in [2.05, 4.69) is 12.2 Å². The summed E-state index contributed by atoms with van der Waals surface area (Å²) in [6.45, 7) is 2.42. The third-order valence-corrected chi connectivity index (χ3v) is 4.46. The van der Waals surface area contributed by atoms with E-state index in [1.807, 2.05) is 18.2 Å². The molecule has 114 valence electrons. The van der Waals surface area contributed by atoms with Gasteiger partial charge in [-0.3, -0.25) is 4.79 Å². The van der Waals surface area contributed by atoms with Crippen molar-refractivity contribution >= 4 is 5.97 Å². The molecule has 1 atom stereocenters. The Kier molecular flexibility index (Phi) is 4.01. The lowest BCUT2D eigenvalue weighted by molar-refractivity contribution is -0.142. The highest BCUT2D eigenvalue weighted by Gasteiger charge is 2.27. The summed E-state index contributed by atoms with van der Waals surface area (Å²) in [5.41, 5.74) is 1.17. The van der Waals surface area contributed by atoms with Crippen LogP contribution in [0.2, 0.25) is 0 Å². The van der Waals surface area contributed by atoms with Crippen molar-refractivity contribution in [3.63, 3.8) is 0 Å². The number of aliphatic carboxylic acids is 1. The normalized spacial score (nSPS) is 25.6. The van der Waals surface area contributed by atoms with Gasteiger partial charge in [-0.15, -0.1) is 0 Å². The minimum atomic E-state index is -0.655. The van der Waals surface area contributed by atoms with Gasteiger partial charge in [-0.05, 0) is 50.3 Å². The molecule has 1 aromatic carbocycles. The number of fused-ring (bicyclic) bond motifs is 1. The van der Waals surface area contributed by atoms with Crippen molar-refractivity contribution in [1.82, 2.24) is 5.32 Å². The Labute approximate surface area is 124 Å². The first-order valence-corrected chi connectivity index (χ1v) is 7.52. The molecular weight excluding hydrogens is 270 g/mol. The van der Waals surface area contributed by atoms with Gasteiger partial charge in [0.15, 0.2) is 11.5 Å². The van der Waals surface area contributed by atoms with Crippen LogP contribution in [0.25, 0.3) is 0 Å². The second-order valence-corrected chi connectivity index (χ2v) is 5.89. The fourth-order valence-corrected chi connectivity index (χ4v) is 3.14. The van der Waals surface area contributed by atoms with Crippen LogP contribution in [0.4, 0.5) is 0 Å². The third-order valence-electron chi connectivity index (χ3n) is 4.46. The van der Waals surface area contributed by atoms with Crippen molar-refractivity contribution in [2.45, 2.75) is 44.7 Å². The monoisotopic (exact) mass is 291 g/mol. The maximum Gasteiger partial charge on any atom is 0.306 e. The minimum Gasteiger partial charge on any atom is -0.481 e. The zero-order valence-corrected chi connectivity index (χ0v) is 12.2. The van der Waals surface area contributed by atoms with Crippen molar-refractivity contribution in [2.24, 2.45) is 5.92 Å². The second kappa shape index (κ2) is 5.93. The van der Waals surface area contributed by atoms with Gasteiger partial charge in [-0.2, -0.15) is 0 Å². The zero-order valence-electron chi connectivity index (χ0n) is 12.2. The van der Waals surface area contributed by atoms with E-state index in [1.165, 1.54) is 5.56 Å². The Morgan fingerprint density at radius 1 is 1.24 bits per heavy atom. The molecule has 1 heterocycles. The SMILES string of the molecule is CC(NC1CCC(C(=O)O)CC1)c1ccc2c(c1)OCO2. The van der Waals surface area contributed by atoms with Gasteiger partial charge in [0.25, 0.3) is 0 Å². The Bertz CT molecular complexity index is 523. The van der Waals surface area contributed by atoms with Crippen LogP contribution < -0.4 is 14.8 Å². The summed E-state index contributed by atoms with van der Waals surface area (Å²) < 4.78 is 10.7. The van der Waals surface area contributed by atoms with Crippen LogP contribution in [0.5, 0.6) is 11.5 Å². The molecule has 5 heteroatoms.